The Bertz CT molecular complexity index is 646. The van der Waals surface area contributed by atoms with E-state index in [2.05, 4.69) is 21.5 Å². The summed E-state index contributed by atoms with van der Waals surface area (Å²) in [6.07, 6.45) is 2.12. The van der Waals surface area contributed by atoms with Crippen LogP contribution in [-0.4, -0.2) is 51.2 Å². The Hall–Kier alpha value is -1.39. The molecule has 2 N–H and O–H groups in total. The third-order valence-electron chi connectivity index (χ3n) is 3.64. The molecule has 1 fully saturated rings. The fraction of sp³-hybridized carbons (Fsp3) is 0.467. The molecular weight excluding hydrogens is 288 g/mol. The van der Waals surface area contributed by atoms with Gasteiger partial charge in [-0.05, 0) is 44.6 Å². The average Bonchev–Trinajstić information content (AvgIpc) is 2.89. The molecule has 0 amide bonds. The van der Waals surface area contributed by atoms with Crippen molar-refractivity contribution in [1.29, 1.82) is 0 Å². The molecule has 1 aromatic carbocycles. The second-order valence-corrected chi connectivity index (χ2v) is 6.88. The van der Waals surface area contributed by atoms with Gasteiger partial charge in [0.1, 0.15) is 6.61 Å². The van der Waals surface area contributed by atoms with Gasteiger partial charge in [-0.2, -0.15) is 0 Å². The molecule has 0 bridgehead atoms. The standard InChI is InChI=1S/C15H20N2O3S/c1-17-9-3-7-14(17)12-16-21(19,20)15-8-2-5-13(11-15)6-4-10-18/h2,5,8,11,14,16,18H,3,7,9-10,12H2,1H3. The fourth-order valence-electron chi connectivity index (χ4n) is 2.41. The van der Waals surface area contributed by atoms with Crippen LogP contribution in [0.5, 0.6) is 0 Å². The van der Waals surface area contributed by atoms with Crippen LogP contribution in [0.4, 0.5) is 0 Å². The summed E-state index contributed by atoms with van der Waals surface area (Å²) in [6, 6.07) is 6.69. The van der Waals surface area contributed by atoms with Gasteiger partial charge in [0.05, 0.1) is 4.90 Å². The van der Waals surface area contributed by atoms with E-state index in [1.807, 2.05) is 7.05 Å². The summed E-state index contributed by atoms with van der Waals surface area (Å²) in [6.45, 7) is 1.19. The molecule has 21 heavy (non-hydrogen) atoms. The van der Waals surface area contributed by atoms with Crippen molar-refractivity contribution >= 4 is 10.0 Å². The van der Waals surface area contributed by atoms with Crippen LogP contribution in [0.25, 0.3) is 0 Å². The van der Waals surface area contributed by atoms with Crippen molar-refractivity contribution < 1.29 is 13.5 Å². The van der Waals surface area contributed by atoms with E-state index in [4.69, 9.17) is 5.11 Å². The second kappa shape index (κ2) is 7.05. The summed E-state index contributed by atoms with van der Waals surface area (Å²) >= 11 is 0. The van der Waals surface area contributed by atoms with Gasteiger partial charge < -0.3 is 10.0 Å². The van der Waals surface area contributed by atoms with Crippen LogP contribution in [0.2, 0.25) is 0 Å². The summed E-state index contributed by atoms with van der Waals surface area (Å²) in [5.41, 5.74) is 0.574. The van der Waals surface area contributed by atoms with Gasteiger partial charge in [0.15, 0.2) is 0 Å². The van der Waals surface area contributed by atoms with Crippen molar-refractivity contribution in [2.45, 2.75) is 23.8 Å². The maximum Gasteiger partial charge on any atom is 0.240 e. The van der Waals surface area contributed by atoms with Gasteiger partial charge in [-0.15, -0.1) is 0 Å². The predicted molar refractivity (Wildman–Crippen MR) is 81.2 cm³/mol. The van der Waals surface area contributed by atoms with Crippen LogP contribution < -0.4 is 4.72 Å². The van der Waals surface area contributed by atoms with Crippen LogP contribution >= 0.6 is 0 Å². The number of rotatable bonds is 4. The van der Waals surface area contributed by atoms with E-state index >= 15 is 0 Å². The van der Waals surface area contributed by atoms with E-state index < -0.39 is 10.0 Å². The van der Waals surface area contributed by atoms with Gasteiger partial charge >= 0.3 is 0 Å². The highest BCUT2D eigenvalue weighted by molar-refractivity contribution is 7.89. The maximum atomic E-state index is 12.3. The number of benzene rings is 1. The van der Waals surface area contributed by atoms with Gasteiger partial charge in [-0.3, -0.25) is 0 Å². The van der Waals surface area contributed by atoms with Crippen molar-refractivity contribution in [3.63, 3.8) is 0 Å². The summed E-state index contributed by atoms with van der Waals surface area (Å²) in [7, 11) is -1.51. The lowest BCUT2D eigenvalue weighted by Crippen LogP contribution is -2.38. The summed E-state index contributed by atoms with van der Waals surface area (Å²) in [5, 5.41) is 8.68. The molecular formula is C15H20N2O3S. The van der Waals surface area contributed by atoms with Gasteiger partial charge in [0.25, 0.3) is 0 Å². The van der Waals surface area contributed by atoms with Crippen LogP contribution in [0.3, 0.4) is 0 Å². The van der Waals surface area contributed by atoms with Crippen molar-refractivity contribution in [2.24, 2.45) is 0 Å². The van der Waals surface area contributed by atoms with Crippen LogP contribution in [0.15, 0.2) is 29.2 Å². The van der Waals surface area contributed by atoms with E-state index in [1.165, 1.54) is 6.07 Å². The van der Waals surface area contributed by atoms with Crippen molar-refractivity contribution in [1.82, 2.24) is 9.62 Å². The Morgan fingerprint density at radius 2 is 2.29 bits per heavy atom. The number of nitrogens with one attached hydrogen (secondary N) is 1. The molecule has 6 heteroatoms. The highest BCUT2D eigenvalue weighted by atomic mass is 32.2. The fourth-order valence-corrected chi connectivity index (χ4v) is 3.53. The topological polar surface area (TPSA) is 69.6 Å². The molecule has 2 rings (SSSR count). The predicted octanol–water partition coefficient (Wildman–Crippen LogP) is 0.403. The SMILES string of the molecule is CN1CCCC1CNS(=O)(=O)c1cccc(C#CCO)c1. The van der Waals surface area contributed by atoms with Crippen molar-refractivity contribution in [2.75, 3.05) is 26.7 Å². The molecule has 0 aliphatic carbocycles. The number of likely N-dealkylation sites (N-methyl/N-ethyl adjacent to an activating group) is 1. The molecule has 0 radical (unpaired) electrons. The van der Waals surface area contributed by atoms with Crippen LogP contribution in [0, 0.1) is 11.8 Å². The van der Waals surface area contributed by atoms with E-state index in [9.17, 15) is 8.42 Å². The molecule has 1 heterocycles. The number of hydrogen-bond donors (Lipinski definition) is 2. The van der Waals surface area contributed by atoms with Crippen LogP contribution in [0.1, 0.15) is 18.4 Å². The summed E-state index contributed by atoms with van der Waals surface area (Å²) in [5.74, 6) is 5.22. The number of nitrogens with zero attached hydrogens (tertiary/aromatic N) is 1. The van der Waals surface area contributed by atoms with Gasteiger partial charge in [0, 0.05) is 18.2 Å². The lowest BCUT2D eigenvalue weighted by atomic mass is 10.2. The number of aliphatic hydroxyl groups excluding tert-OH is 1. The molecule has 1 aliphatic heterocycles. The molecule has 1 atom stereocenters. The lowest BCUT2D eigenvalue weighted by molar-refractivity contribution is 0.311. The average molecular weight is 308 g/mol. The number of likely N-dealkylation sites (tertiary alicyclic amines) is 1. The normalized spacial score (nSPS) is 19.2. The number of sulfonamides is 1. The molecule has 1 aromatic rings. The van der Waals surface area contributed by atoms with E-state index in [-0.39, 0.29) is 17.5 Å². The quantitative estimate of drug-likeness (QED) is 0.790. The minimum Gasteiger partial charge on any atom is -0.384 e. The van der Waals surface area contributed by atoms with Crippen LogP contribution in [-0.2, 0) is 10.0 Å². The van der Waals surface area contributed by atoms with Gasteiger partial charge in [-0.25, -0.2) is 13.1 Å². The first kappa shape index (κ1) is 16.0. The minimum atomic E-state index is -3.53. The molecule has 0 spiro atoms. The monoisotopic (exact) mass is 308 g/mol. The molecule has 0 saturated carbocycles. The zero-order chi connectivity index (χ0) is 15.3. The Morgan fingerprint density at radius 3 is 2.95 bits per heavy atom. The van der Waals surface area contributed by atoms with E-state index in [0.29, 0.717) is 12.1 Å². The highest BCUT2D eigenvalue weighted by Gasteiger charge is 2.23. The molecule has 0 aromatic heterocycles. The Balaban J connectivity index is 2.08. The van der Waals surface area contributed by atoms with E-state index in [0.717, 1.165) is 19.4 Å². The number of hydrogen-bond acceptors (Lipinski definition) is 4. The van der Waals surface area contributed by atoms with Crippen molar-refractivity contribution in [3.05, 3.63) is 29.8 Å². The molecule has 5 nitrogen and oxygen atoms in total. The Labute approximate surface area is 126 Å². The Kier molecular flexibility index (Phi) is 5.37. The minimum absolute atomic E-state index is 0.202. The van der Waals surface area contributed by atoms with Gasteiger partial charge in [0.2, 0.25) is 10.0 Å². The lowest BCUT2D eigenvalue weighted by Gasteiger charge is -2.19. The third kappa shape index (κ3) is 4.29. The van der Waals surface area contributed by atoms with Crippen molar-refractivity contribution in [3.8, 4) is 11.8 Å². The Morgan fingerprint density at radius 1 is 1.48 bits per heavy atom. The smallest absolute Gasteiger partial charge is 0.240 e. The molecule has 114 valence electrons. The first-order chi connectivity index (χ1) is 10.0. The first-order valence-corrected chi connectivity index (χ1v) is 8.41. The van der Waals surface area contributed by atoms with E-state index in [1.54, 1.807) is 18.2 Å². The zero-order valence-corrected chi connectivity index (χ0v) is 12.9. The molecule has 1 unspecified atom stereocenters. The second-order valence-electron chi connectivity index (χ2n) is 5.12. The first-order valence-electron chi connectivity index (χ1n) is 6.92. The summed E-state index contributed by atoms with van der Waals surface area (Å²) in [4.78, 5) is 2.37. The largest absolute Gasteiger partial charge is 0.384 e. The maximum absolute atomic E-state index is 12.3. The summed E-state index contributed by atoms with van der Waals surface area (Å²) < 4.78 is 27.3. The third-order valence-corrected chi connectivity index (χ3v) is 5.06. The zero-order valence-electron chi connectivity index (χ0n) is 12.0. The molecule has 1 saturated heterocycles. The molecule has 1 aliphatic rings. The van der Waals surface area contributed by atoms with Gasteiger partial charge in [-0.1, -0.05) is 17.9 Å². The number of aliphatic hydroxyl groups is 1. The highest BCUT2D eigenvalue weighted by Crippen LogP contribution is 2.15.